The highest BCUT2D eigenvalue weighted by Gasteiger charge is 2.64. The van der Waals surface area contributed by atoms with Crippen LogP contribution in [-0.2, 0) is 27.3 Å². The predicted molar refractivity (Wildman–Crippen MR) is 150 cm³/mol. The van der Waals surface area contributed by atoms with Crippen molar-refractivity contribution >= 4 is 28.9 Å². The molecule has 0 aliphatic heterocycles. The Morgan fingerprint density at radius 2 is 1.77 bits per heavy atom. The molecule has 40 heavy (non-hydrogen) atoms. The summed E-state index contributed by atoms with van der Waals surface area (Å²) < 4.78 is 0. The summed E-state index contributed by atoms with van der Waals surface area (Å²) in [6.45, 7) is 3.55. The summed E-state index contributed by atoms with van der Waals surface area (Å²) in [6.07, 6.45) is 2.38. The number of likely N-dealkylation sites (N-methyl/N-ethyl adjacent to an activating group) is 1. The molecule has 1 aromatic rings. The van der Waals surface area contributed by atoms with Crippen LogP contribution in [0.1, 0.15) is 42.9 Å². The lowest BCUT2D eigenvalue weighted by Crippen LogP contribution is -2.65. The highest BCUT2D eigenvalue weighted by Crippen LogP contribution is 2.54. The maximum absolute atomic E-state index is 14.0. The van der Waals surface area contributed by atoms with Crippen molar-refractivity contribution in [2.24, 2.45) is 17.6 Å². The Hall–Kier alpha value is -3.41. The number of rotatable bonds is 8. The fraction of sp³-hybridized carbons (Fsp3) is 0.552. The average Bonchev–Trinajstić information content (AvgIpc) is 2.84. The topological polar surface area (TPSA) is 168 Å². The number of anilines is 1. The summed E-state index contributed by atoms with van der Waals surface area (Å²) in [5, 5.41) is 45.3. The van der Waals surface area contributed by atoms with Crippen molar-refractivity contribution < 1.29 is 34.8 Å². The standard InChI is InChI=1S/C29H40N4O7/c1-7-8-9-33(6)13-15-12-18(34)20-16(22(15)31(2)3)10-14-11-17-23(32(4)5)25(36)21(28(30)39)27(38)29(17,40)26(37)19(14)24(20)35/h12,14,17,23,34-35,38,40H,7-11,13H2,1-6H3,(H2,30,39)/t14-,17-,23-,29-/m0/s1. The molecule has 0 heterocycles. The highest BCUT2D eigenvalue weighted by atomic mass is 16.3. The second kappa shape index (κ2) is 10.5. The number of phenols is 1. The van der Waals surface area contributed by atoms with Gasteiger partial charge >= 0.3 is 0 Å². The van der Waals surface area contributed by atoms with Gasteiger partial charge in [-0.25, -0.2) is 0 Å². The lowest BCUT2D eigenvalue weighted by atomic mass is 9.57. The molecule has 0 radical (unpaired) electrons. The number of fused-ring (bicyclic) bond motifs is 3. The molecular weight excluding hydrogens is 516 g/mol. The number of aromatic hydroxyl groups is 1. The van der Waals surface area contributed by atoms with Crippen molar-refractivity contribution in [3.8, 4) is 5.75 Å². The Kier molecular flexibility index (Phi) is 7.78. The Labute approximate surface area is 234 Å². The minimum absolute atomic E-state index is 0.0556. The third kappa shape index (κ3) is 4.36. The van der Waals surface area contributed by atoms with Crippen LogP contribution in [-0.4, -0.2) is 101 Å². The molecule has 3 aliphatic carbocycles. The van der Waals surface area contributed by atoms with Crippen molar-refractivity contribution in [1.82, 2.24) is 9.80 Å². The molecule has 3 aliphatic rings. The first-order chi connectivity index (χ1) is 18.7. The molecule has 1 saturated carbocycles. The number of ketones is 2. The Balaban J connectivity index is 1.92. The van der Waals surface area contributed by atoms with Gasteiger partial charge in [-0.3, -0.25) is 19.3 Å². The van der Waals surface area contributed by atoms with Crippen molar-refractivity contribution in [3.63, 3.8) is 0 Å². The first-order valence-corrected chi connectivity index (χ1v) is 13.6. The van der Waals surface area contributed by atoms with E-state index in [0.717, 1.165) is 30.6 Å². The average molecular weight is 557 g/mol. The first kappa shape index (κ1) is 29.6. The highest BCUT2D eigenvalue weighted by molar-refractivity contribution is 6.24. The first-order valence-electron chi connectivity index (χ1n) is 13.6. The zero-order valence-electron chi connectivity index (χ0n) is 24.0. The van der Waals surface area contributed by atoms with E-state index in [0.29, 0.717) is 12.1 Å². The number of carbonyl (C=O) groups is 3. The third-order valence-electron chi connectivity index (χ3n) is 8.55. The molecule has 0 aromatic heterocycles. The molecule has 0 unspecified atom stereocenters. The van der Waals surface area contributed by atoms with Gasteiger partial charge in [0, 0.05) is 37.8 Å². The van der Waals surface area contributed by atoms with E-state index in [1.54, 1.807) is 20.2 Å². The zero-order valence-corrected chi connectivity index (χ0v) is 24.0. The molecule has 1 aromatic carbocycles. The molecule has 6 N–H and O–H groups in total. The summed E-state index contributed by atoms with van der Waals surface area (Å²) in [5.41, 5.74) is 4.19. The predicted octanol–water partition coefficient (Wildman–Crippen LogP) is 1.26. The van der Waals surface area contributed by atoms with Gasteiger partial charge in [-0.05, 0) is 70.1 Å². The number of primary amides is 1. The van der Waals surface area contributed by atoms with Crippen LogP contribution in [0, 0.1) is 11.8 Å². The third-order valence-corrected chi connectivity index (χ3v) is 8.55. The number of benzene rings is 1. The van der Waals surface area contributed by atoms with Gasteiger partial charge in [-0.15, -0.1) is 0 Å². The Morgan fingerprint density at radius 1 is 1.12 bits per heavy atom. The number of hydrogen-bond donors (Lipinski definition) is 5. The van der Waals surface area contributed by atoms with Crippen LogP contribution in [0.2, 0.25) is 0 Å². The van der Waals surface area contributed by atoms with Gasteiger partial charge in [0.1, 0.15) is 22.8 Å². The van der Waals surface area contributed by atoms with Gasteiger partial charge in [0.15, 0.2) is 11.4 Å². The van der Waals surface area contributed by atoms with Crippen LogP contribution in [0.25, 0.3) is 5.76 Å². The number of nitrogens with two attached hydrogens (primary N) is 1. The normalized spacial score (nSPS) is 26.3. The van der Waals surface area contributed by atoms with Crippen LogP contribution >= 0.6 is 0 Å². The monoisotopic (exact) mass is 556 g/mol. The van der Waals surface area contributed by atoms with E-state index in [9.17, 15) is 34.8 Å². The molecule has 1 fully saturated rings. The summed E-state index contributed by atoms with van der Waals surface area (Å²) in [7, 11) is 8.91. The van der Waals surface area contributed by atoms with Gasteiger partial charge in [-0.1, -0.05) is 13.3 Å². The van der Waals surface area contributed by atoms with E-state index in [-0.39, 0.29) is 29.7 Å². The van der Waals surface area contributed by atoms with Crippen LogP contribution in [0.15, 0.2) is 23.0 Å². The van der Waals surface area contributed by atoms with Crippen molar-refractivity contribution in [2.45, 2.75) is 50.8 Å². The summed E-state index contributed by atoms with van der Waals surface area (Å²) in [6, 6.07) is 0.473. The Morgan fingerprint density at radius 3 is 2.33 bits per heavy atom. The summed E-state index contributed by atoms with van der Waals surface area (Å²) in [4.78, 5) is 45.0. The maximum atomic E-state index is 14.0. The number of nitrogens with zero attached hydrogens (tertiary/aromatic N) is 3. The fourth-order valence-corrected chi connectivity index (χ4v) is 6.84. The number of Topliss-reactive ketones (excluding diaryl/α,β-unsaturated/α-hetero) is 2. The minimum Gasteiger partial charge on any atom is -0.508 e. The molecule has 4 atom stereocenters. The van der Waals surface area contributed by atoms with E-state index in [1.165, 1.54) is 4.90 Å². The smallest absolute Gasteiger partial charge is 0.255 e. The number of aliphatic hydroxyl groups excluding tert-OH is 2. The zero-order chi connectivity index (χ0) is 29.8. The molecule has 218 valence electrons. The number of hydrogen-bond acceptors (Lipinski definition) is 10. The minimum atomic E-state index is -2.65. The molecule has 0 spiro atoms. The quantitative estimate of drug-likeness (QED) is 0.294. The van der Waals surface area contributed by atoms with Crippen LogP contribution in [0.4, 0.5) is 5.69 Å². The summed E-state index contributed by atoms with van der Waals surface area (Å²) in [5.74, 6) is -6.53. The van der Waals surface area contributed by atoms with Gasteiger partial charge in [0.05, 0.1) is 11.6 Å². The fourth-order valence-electron chi connectivity index (χ4n) is 6.84. The van der Waals surface area contributed by atoms with Crippen molar-refractivity contribution in [2.75, 3.05) is 46.7 Å². The maximum Gasteiger partial charge on any atom is 0.255 e. The molecule has 0 saturated heterocycles. The SMILES string of the molecule is CCCCN(C)Cc1cc(O)c2c(c1N(C)C)C[C@H]1C[C@H]3[C@H](N(C)C)C(=O)C(C(N)=O)=C(O)[C@@]3(O)C(=O)C1=C2O. The van der Waals surface area contributed by atoms with E-state index in [1.807, 2.05) is 26.0 Å². The second-order valence-corrected chi connectivity index (χ2v) is 11.7. The van der Waals surface area contributed by atoms with E-state index >= 15 is 0 Å². The number of aliphatic hydroxyl groups is 3. The second-order valence-electron chi connectivity index (χ2n) is 11.7. The molecule has 4 rings (SSSR count). The van der Waals surface area contributed by atoms with E-state index < -0.39 is 58.0 Å². The van der Waals surface area contributed by atoms with Gasteiger partial charge in [-0.2, -0.15) is 0 Å². The number of carbonyl (C=O) groups excluding carboxylic acids is 3. The Bertz CT molecular complexity index is 1330. The molecule has 1 amide bonds. The van der Waals surface area contributed by atoms with Crippen LogP contribution < -0.4 is 10.6 Å². The van der Waals surface area contributed by atoms with Gasteiger partial charge in [0.25, 0.3) is 5.91 Å². The van der Waals surface area contributed by atoms with Crippen molar-refractivity contribution in [1.29, 1.82) is 0 Å². The van der Waals surface area contributed by atoms with Crippen LogP contribution in [0.5, 0.6) is 5.75 Å². The lowest BCUT2D eigenvalue weighted by Gasteiger charge is -2.50. The molecule has 0 bridgehead atoms. The molecule has 11 heteroatoms. The van der Waals surface area contributed by atoms with Gasteiger partial charge in [0.2, 0.25) is 5.78 Å². The van der Waals surface area contributed by atoms with E-state index in [2.05, 4.69) is 11.8 Å². The number of amides is 1. The molecule has 11 nitrogen and oxygen atoms in total. The van der Waals surface area contributed by atoms with E-state index in [4.69, 9.17) is 5.73 Å². The number of phenolic OH excluding ortho intramolecular Hbond substituents is 1. The number of unbranched alkanes of at least 4 members (excludes halogenated alkanes) is 1. The van der Waals surface area contributed by atoms with Crippen molar-refractivity contribution in [3.05, 3.63) is 39.7 Å². The van der Waals surface area contributed by atoms with Gasteiger partial charge < -0.3 is 36.0 Å². The largest absolute Gasteiger partial charge is 0.508 e. The summed E-state index contributed by atoms with van der Waals surface area (Å²) >= 11 is 0. The lowest BCUT2D eigenvalue weighted by molar-refractivity contribution is -0.153. The van der Waals surface area contributed by atoms with Crippen LogP contribution in [0.3, 0.4) is 0 Å². The molecular formula is C29H40N4O7.